The Kier molecular flexibility index (Phi) is 3.23. The molecule has 0 aromatic carbocycles. The molecule has 0 N–H and O–H groups in total. The summed E-state index contributed by atoms with van der Waals surface area (Å²) < 4.78 is 2.45. The Morgan fingerprint density at radius 1 is 1.44 bits per heavy atom. The Morgan fingerprint density at radius 2 is 2.28 bits per heavy atom. The lowest BCUT2D eigenvalue weighted by Gasteiger charge is -2.20. The highest BCUT2D eigenvalue weighted by atomic mass is 127. The topological polar surface area (TPSA) is 60.7 Å². The minimum atomic E-state index is -0.211. The standard InChI is InChI=1S/C11H10ClIN4O/c12-8-5-14-9-10(13)16-17(11(9)15-8)6-3-1-2-4-7(6)18/h5-6H,1-4H2. The van der Waals surface area contributed by atoms with Crippen molar-refractivity contribution in [2.24, 2.45) is 0 Å². The maximum absolute atomic E-state index is 12.0. The lowest BCUT2D eigenvalue weighted by molar-refractivity contribution is -0.124. The molecular weight excluding hydrogens is 367 g/mol. The monoisotopic (exact) mass is 376 g/mol. The molecule has 0 bridgehead atoms. The number of carbonyl (C=O) groups excluding carboxylic acids is 1. The Balaban J connectivity index is 2.16. The fourth-order valence-electron chi connectivity index (χ4n) is 2.29. The quantitative estimate of drug-likeness (QED) is 0.718. The molecule has 0 amide bonds. The molecule has 5 nitrogen and oxygen atoms in total. The second-order valence-corrected chi connectivity index (χ2v) is 5.74. The summed E-state index contributed by atoms with van der Waals surface area (Å²) in [4.78, 5) is 20.5. The van der Waals surface area contributed by atoms with Gasteiger partial charge < -0.3 is 0 Å². The highest BCUT2D eigenvalue weighted by Crippen LogP contribution is 2.29. The van der Waals surface area contributed by atoms with Gasteiger partial charge in [0, 0.05) is 6.42 Å². The lowest BCUT2D eigenvalue weighted by atomic mass is 9.94. The fraction of sp³-hybridized carbons (Fsp3) is 0.455. The van der Waals surface area contributed by atoms with Crippen LogP contribution in [0.4, 0.5) is 0 Å². The van der Waals surface area contributed by atoms with Crippen LogP contribution in [0.1, 0.15) is 31.7 Å². The maximum atomic E-state index is 12.0. The lowest BCUT2D eigenvalue weighted by Crippen LogP contribution is -2.24. The molecule has 18 heavy (non-hydrogen) atoms. The first-order valence-electron chi connectivity index (χ1n) is 5.76. The van der Waals surface area contributed by atoms with Crippen LogP contribution in [0, 0.1) is 3.70 Å². The number of halogens is 2. The van der Waals surface area contributed by atoms with Gasteiger partial charge in [-0.25, -0.2) is 14.6 Å². The van der Waals surface area contributed by atoms with Gasteiger partial charge in [0.15, 0.2) is 15.1 Å². The summed E-state index contributed by atoms with van der Waals surface area (Å²) in [6, 6.07) is -0.211. The molecule has 1 saturated carbocycles. The third-order valence-electron chi connectivity index (χ3n) is 3.15. The van der Waals surface area contributed by atoms with E-state index in [-0.39, 0.29) is 11.8 Å². The van der Waals surface area contributed by atoms with E-state index in [4.69, 9.17) is 11.6 Å². The molecule has 1 aliphatic rings. The molecule has 1 unspecified atom stereocenters. The number of ketones is 1. The Bertz CT molecular complexity index is 627. The summed E-state index contributed by atoms with van der Waals surface area (Å²) in [6.07, 6.45) is 4.96. The van der Waals surface area contributed by atoms with Crippen molar-refractivity contribution in [3.8, 4) is 0 Å². The molecule has 94 valence electrons. The van der Waals surface area contributed by atoms with Crippen LogP contribution in [-0.4, -0.2) is 25.5 Å². The molecule has 1 atom stereocenters. The molecule has 2 heterocycles. The van der Waals surface area contributed by atoms with Gasteiger partial charge >= 0.3 is 0 Å². The maximum Gasteiger partial charge on any atom is 0.180 e. The first kappa shape index (κ1) is 12.3. The van der Waals surface area contributed by atoms with E-state index in [0.717, 1.165) is 23.0 Å². The van der Waals surface area contributed by atoms with E-state index in [0.29, 0.717) is 22.7 Å². The first-order chi connectivity index (χ1) is 8.66. The second kappa shape index (κ2) is 4.73. The van der Waals surface area contributed by atoms with Gasteiger partial charge in [0.2, 0.25) is 0 Å². The minimum Gasteiger partial charge on any atom is -0.297 e. The normalized spacial score (nSPS) is 20.6. The van der Waals surface area contributed by atoms with Crippen molar-refractivity contribution in [3.05, 3.63) is 15.1 Å². The van der Waals surface area contributed by atoms with Gasteiger partial charge in [-0.2, -0.15) is 5.10 Å². The van der Waals surface area contributed by atoms with E-state index in [1.165, 1.54) is 6.20 Å². The minimum absolute atomic E-state index is 0.211. The van der Waals surface area contributed by atoms with Crippen LogP contribution in [0.5, 0.6) is 0 Å². The summed E-state index contributed by atoms with van der Waals surface area (Å²) in [5, 5.41) is 4.73. The number of Topliss-reactive ketones (excluding diaryl/α,β-unsaturated/α-hetero) is 1. The molecule has 0 spiro atoms. The summed E-state index contributed by atoms with van der Waals surface area (Å²) >= 11 is 7.98. The molecule has 0 radical (unpaired) electrons. The van der Waals surface area contributed by atoms with Gasteiger partial charge in [-0.3, -0.25) is 4.79 Å². The summed E-state index contributed by atoms with van der Waals surface area (Å²) in [5.74, 6) is 0.226. The largest absolute Gasteiger partial charge is 0.297 e. The third-order valence-corrected chi connectivity index (χ3v) is 4.06. The van der Waals surface area contributed by atoms with Gasteiger partial charge in [0.25, 0.3) is 0 Å². The van der Waals surface area contributed by atoms with E-state index < -0.39 is 0 Å². The zero-order chi connectivity index (χ0) is 12.7. The van der Waals surface area contributed by atoms with Crippen molar-refractivity contribution in [1.82, 2.24) is 19.7 Å². The van der Waals surface area contributed by atoms with Gasteiger partial charge in [-0.15, -0.1) is 0 Å². The average Bonchev–Trinajstić information content (AvgIpc) is 2.67. The highest BCUT2D eigenvalue weighted by molar-refractivity contribution is 14.1. The molecule has 2 aromatic rings. The highest BCUT2D eigenvalue weighted by Gasteiger charge is 2.27. The number of fused-ring (bicyclic) bond motifs is 1. The SMILES string of the molecule is O=C1CCCCC1n1nc(I)c2ncc(Cl)nc21. The van der Waals surface area contributed by atoms with Crippen molar-refractivity contribution in [1.29, 1.82) is 0 Å². The Hall–Kier alpha value is -0.760. The van der Waals surface area contributed by atoms with Crippen LogP contribution < -0.4 is 0 Å². The molecule has 2 aromatic heterocycles. The summed E-state index contributed by atoms with van der Waals surface area (Å²) in [7, 11) is 0. The van der Waals surface area contributed by atoms with E-state index in [1.807, 2.05) is 0 Å². The molecular formula is C11H10ClIN4O. The summed E-state index contributed by atoms with van der Waals surface area (Å²) in [5.41, 5.74) is 1.31. The Labute approximate surface area is 122 Å². The molecule has 3 rings (SSSR count). The van der Waals surface area contributed by atoms with Gasteiger partial charge in [0.1, 0.15) is 16.7 Å². The number of rotatable bonds is 1. The van der Waals surface area contributed by atoms with Gasteiger partial charge in [0.05, 0.1) is 6.20 Å². The van der Waals surface area contributed by atoms with Crippen molar-refractivity contribution in [2.45, 2.75) is 31.7 Å². The van der Waals surface area contributed by atoms with Crippen LogP contribution in [0.3, 0.4) is 0 Å². The smallest absolute Gasteiger partial charge is 0.180 e. The summed E-state index contributed by atoms with van der Waals surface area (Å²) in [6.45, 7) is 0. The van der Waals surface area contributed by atoms with Gasteiger partial charge in [-0.1, -0.05) is 18.0 Å². The second-order valence-electron chi connectivity index (χ2n) is 4.33. The van der Waals surface area contributed by atoms with Crippen LogP contribution in [-0.2, 0) is 4.79 Å². The van der Waals surface area contributed by atoms with Crippen molar-refractivity contribution < 1.29 is 4.79 Å². The van der Waals surface area contributed by atoms with Crippen LogP contribution in [0.2, 0.25) is 5.15 Å². The van der Waals surface area contributed by atoms with E-state index in [9.17, 15) is 4.79 Å². The number of hydrogen-bond acceptors (Lipinski definition) is 4. The average molecular weight is 377 g/mol. The Morgan fingerprint density at radius 3 is 3.06 bits per heavy atom. The van der Waals surface area contributed by atoms with Crippen LogP contribution in [0.25, 0.3) is 11.2 Å². The van der Waals surface area contributed by atoms with E-state index >= 15 is 0 Å². The predicted octanol–water partition coefficient (Wildman–Crippen LogP) is 2.77. The molecule has 1 fully saturated rings. The van der Waals surface area contributed by atoms with Crippen LogP contribution in [0.15, 0.2) is 6.20 Å². The van der Waals surface area contributed by atoms with Crippen molar-refractivity contribution in [3.63, 3.8) is 0 Å². The first-order valence-corrected chi connectivity index (χ1v) is 7.21. The zero-order valence-corrected chi connectivity index (χ0v) is 12.3. The van der Waals surface area contributed by atoms with E-state index in [1.54, 1.807) is 4.68 Å². The number of carbonyl (C=O) groups is 1. The molecule has 0 saturated heterocycles. The van der Waals surface area contributed by atoms with E-state index in [2.05, 4.69) is 37.7 Å². The number of hydrogen-bond donors (Lipinski definition) is 0. The van der Waals surface area contributed by atoms with Crippen LogP contribution >= 0.6 is 34.2 Å². The molecule has 1 aliphatic carbocycles. The molecule has 0 aliphatic heterocycles. The van der Waals surface area contributed by atoms with Crippen molar-refractivity contribution in [2.75, 3.05) is 0 Å². The molecule has 7 heteroatoms. The fourth-order valence-corrected chi connectivity index (χ4v) is 3.04. The third kappa shape index (κ3) is 2.01. The predicted molar refractivity (Wildman–Crippen MR) is 75.6 cm³/mol. The number of aromatic nitrogens is 4. The van der Waals surface area contributed by atoms with Crippen molar-refractivity contribution >= 4 is 51.1 Å². The number of nitrogens with zero attached hydrogens (tertiary/aromatic N) is 4. The zero-order valence-electron chi connectivity index (χ0n) is 9.44. The van der Waals surface area contributed by atoms with Gasteiger partial charge in [-0.05, 0) is 35.4 Å².